The van der Waals surface area contributed by atoms with Crippen molar-refractivity contribution in [2.45, 2.75) is 19.2 Å². The van der Waals surface area contributed by atoms with Gasteiger partial charge in [-0.1, -0.05) is 5.57 Å². The van der Waals surface area contributed by atoms with Crippen molar-refractivity contribution in [1.29, 1.82) is 5.41 Å². The molecule has 2 rings (SSSR count). The van der Waals surface area contributed by atoms with E-state index in [4.69, 9.17) is 5.41 Å². The molecular formula is C8H11N3OS. The van der Waals surface area contributed by atoms with Crippen LogP contribution in [0.1, 0.15) is 13.8 Å². The monoisotopic (exact) mass is 197 g/mol. The molecule has 70 valence electrons. The molecule has 1 saturated heterocycles. The fourth-order valence-electron chi connectivity index (χ4n) is 1.64. The zero-order valence-electron chi connectivity index (χ0n) is 7.47. The molecule has 2 amide bonds. The summed E-state index contributed by atoms with van der Waals surface area (Å²) in [5, 5.41) is 13.0. The Balaban J connectivity index is 2.30. The number of thioether (sulfide) groups is 1. The molecule has 2 atom stereocenters. The van der Waals surface area contributed by atoms with Gasteiger partial charge in [-0.2, -0.15) is 0 Å². The number of hydrogen-bond acceptors (Lipinski definition) is 3. The molecule has 0 saturated carbocycles. The minimum Gasteiger partial charge on any atom is -0.325 e. The van der Waals surface area contributed by atoms with Gasteiger partial charge < -0.3 is 5.32 Å². The number of allylic oxidation sites excluding steroid dienone is 1. The Labute approximate surface area is 80.7 Å². The molecule has 3 N–H and O–H groups in total. The molecule has 0 bridgehead atoms. The molecule has 0 aromatic carbocycles. The lowest BCUT2D eigenvalue weighted by Gasteiger charge is -2.28. The molecular weight excluding hydrogens is 186 g/mol. The van der Waals surface area contributed by atoms with Crippen LogP contribution >= 0.6 is 11.8 Å². The van der Waals surface area contributed by atoms with Crippen LogP contribution in [-0.4, -0.2) is 17.2 Å². The first kappa shape index (κ1) is 8.62. The third-order valence-electron chi connectivity index (χ3n) is 2.46. The van der Waals surface area contributed by atoms with Gasteiger partial charge in [0.1, 0.15) is 5.84 Å². The SMILES string of the molecule is CC1=C(C)C2C(=N)NC(=O)NC2S1. The number of fused-ring (bicyclic) bond motifs is 1. The maximum absolute atomic E-state index is 11.0. The second-order valence-corrected chi connectivity index (χ2v) is 4.62. The molecule has 2 unspecified atom stereocenters. The summed E-state index contributed by atoms with van der Waals surface area (Å²) in [5.41, 5.74) is 1.19. The third-order valence-corrected chi connectivity index (χ3v) is 3.78. The lowest BCUT2D eigenvalue weighted by Crippen LogP contribution is -2.55. The van der Waals surface area contributed by atoms with Crippen LogP contribution in [0.2, 0.25) is 0 Å². The average Bonchev–Trinajstić information content (AvgIpc) is 2.27. The van der Waals surface area contributed by atoms with Gasteiger partial charge in [-0.25, -0.2) is 4.79 Å². The Morgan fingerprint density at radius 2 is 2.15 bits per heavy atom. The van der Waals surface area contributed by atoms with Gasteiger partial charge in [0.25, 0.3) is 0 Å². The van der Waals surface area contributed by atoms with Gasteiger partial charge in [-0.15, -0.1) is 11.8 Å². The predicted molar refractivity (Wildman–Crippen MR) is 52.6 cm³/mol. The lowest BCUT2D eigenvalue weighted by molar-refractivity contribution is 0.240. The first-order valence-corrected chi connectivity index (χ1v) is 4.97. The van der Waals surface area contributed by atoms with Crippen LogP contribution in [0.15, 0.2) is 10.5 Å². The highest BCUT2D eigenvalue weighted by Crippen LogP contribution is 2.41. The molecule has 0 spiro atoms. The van der Waals surface area contributed by atoms with Gasteiger partial charge in [-0.05, 0) is 18.8 Å². The van der Waals surface area contributed by atoms with Crippen molar-refractivity contribution in [2.75, 3.05) is 0 Å². The van der Waals surface area contributed by atoms with E-state index in [2.05, 4.69) is 10.6 Å². The smallest absolute Gasteiger partial charge is 0.321 e. The van der Waals surface area contributed by atoms with E-state index in [0.29, 0.717) is 5.84 Å². The highest BCUT2D eigenvalue weighted by atomic mass is 32.2. The van der Waals surface area contributed by atoms with E-state index in [1.54, 1.807) is 11.8 Å². The van der Waals surface area contributed by atoms with Crippen LogP contribution in [0.3, 0.4) is 0 Å². The van der Waals surface area contributed by atoms with Crippen molar-refractivity contribution in [3.8, 4) is 0 Å². The number of amides is 2. The molecule has 2 heterocycles. The number of nitrogens with one attached hydrogen (secondary N) is 3. The topological polar surface area (TPSA) is 65.0 Å². The summed E-state index contributed by atoms with van der Waals surface area (Å²) in [4.78, 5) is 12.2. The van der Waals surface area contributed by atoms with Crippen molar-refractivity contribution in [3.05, 3.63) is 10.5 Å². The Kier molecular flexibility index (Phi) is 1.83. The molecule has 0 aromatic heterocycles. The second-order valence-electron chi connectivity index (χ2n) is 3.27. The summed E-state index contributed by atoms with van der Waals surface area (Å²) in [5.74, 6) is 0.360. The van der Waals surface area contributed by atoms with Gasteiger partial charge in [0.15, 0.2) is 0 Å². The van der Waals surface area contributed by atoms with Crippen LogP contribution in [0.5, 0.6) is 0 Å². The Morgan fingerprint density at radius 1 is 1.46 bits per heavy atom. The van der Waals surface area contributed by atoms with Gasteiger partial charge in [0.2, 0.25) is 0 Å². The normalized spacial score (nSPS) is 32.8. The summed E-state index contributed by atoms with van der Waals surface area (Å²) in [7, 11) is 0. The number of amidine groups is 1. The molecule has 13 heavy (non-hydrogen) atoms. The highest BCUT2D eigenvalue weighted by Gasteiger charge is 2.39. The Bertz CT molecular complexity index is 323. The van der Waals surface area contributed by atoms with Gasteiger partial charge in [-0.3, -0.25) is 10.7 Å². The summed E-state index contributed by atoms with van der Waals surface area (Å²) < 4.78 is 0. The molecule has 4 nitrogen and oxygen atoms in total. The van der Waals surface area contributed by atoms with Gasteiger partial charge in [0.05, 0.1) is 11.3 Å². The molecule has 0 radical (unpaired) electrons. The van der Waals surface area contributed by atoms with E-state index in [1.165, 1.54) is 10.5 Å². The highest BCUT2D eigenvalue weighted by molar-refractivity contribution is 8.04. The molecule has 5 heteroatoms. The van der Waals surface area contributed by atoms with Crippen molar-refractivity contribution < 1.29 is 4.79 Å². The molecule has 0 aromatic rings. The maximum Gasteiger partial charge on any atom is 0.321 e. The average molecular weight is 197 g/mol. The van der Waals surface area contributed by atoms with Crippen LogP contribution in [0, 0.1) is 11.3 Å². The third kappa shape index (κ3) is 1.23. The van der Waals surface area contributed by atoms with Crippen molar-refractivity contribution in [3.63, 3.8) is 0 Å². The van der Waals surface area contributed by atoms with E-state index < -0.39 is 0 Å². The Morgan fingerprint density at radius 3 is 2.85 bits per heavy atom. The Hall–Kier alpha value is -0.970. The van der Waals surface area contributed by atoms with E-state index in [1.807, 2.05) is 13.8 Å². The van der Waals surface area contributed by atoms with Crippen LogP contribution in [0.4, 0.5) is 4.79 Å². The summed E-state index contributed by atoms with van der Waals surface area (Å²) >= 11 is 1.63. The van der Waals surface area contributed by atoms with Crippen LogP contribution in [-0.2, 0) is 0 Å². The summed E-state index contributed by atoms with van der Waals surface area (Å²) in [6.07, 6.45) is 0. The number of carbonyl (C=O) groups excluding carboxylic acids is 1. The number of carbonyl (C=O) groups is 1. The lowest BCUT2D eigenvalue weighted by atomic mass is 9.97. The van der Waals surface area contributed by atoms with E-state index in [0.717, 1.165) is 0 Å². The minimum absolute atomic E-state index is 0.0289. The molecule has 0 aliphatic carbocycles. The first-order chi connectivity index (χ1) is 6.09. The fourth-order valence-corrected chi connectivity index (χ4v) is 2.98. The number of hydrogen-bond donors (Lipinski definition) is 3. The number of urea groups is 1. The number of rotatable bonds is 0. The van der Waals surface area contributed by atoms with Gasteiger partial charge in [0, 0.05) is 0 Å². The summed E-state index contributed by atoms with van der Waals surface area (Å²) in [6.45, 7) is 4.04. The van der Waals surface area contributed by atoms with E-state index >= 15 is 0 Å². The zero-order chi connectivity index (χ0) is 9.59. The van der Waals surface area contributed by atoms with Crippen molar-refractivity contribution in [2.24, 2.45) is 5.92 Å². The largest absolute Gasteiger partial charge is 0.325 e. The van der Waals surface area contributed by atoms with E-state index in [-0.39, 0.29) is 17.3 Å². The molecule has 1 fully saturated rings. The zero-order valence-corrected chi connectivity index (χ0v) is 8.29. The maximum atomic E-state index is 11.0. The van der Waals surface area contributed by atoms with Crippen molar-refractivity contribution >= 4 is 23.6 Å². The molecule has 2 aliphatic heterocycles. The predicted octanol–water partition coefficient (Wildman–Crippen LogP) is 1.26. The minimum atomic E-state index is -0.263. The fraction of sp³-hybridized carbons (Fsp3) is 0.500. The second kappa shape index (κ2) is 2.77. The van der Waals surface area contributed by atoms with Crippen LogP contribution < -0.4 is 10.6 Å². The van der Waals surface area contributed by atoms with Gasteiger partial charge >= 0.3 is 6.03 Å². The standard InChI is InChI=1S/C8H11N3OS/c1-3-4(2)13-7-5(3)6(9)10-8(12)11-7/h5,7H,1-2H3,(H3,9,10,11,12). The quantitative estimate of drug-likeness (QED) is 0.547. The van der Waals surface area contributed by atoms with E-state index in [9.17, 15) is 4.79 Å². The summed E-state index contributed by atoms with van der Waals surface area (Å²) in [6, 6.07) is -0.263. The van der Waals surface area contributed by atoms with Crippen LogP contribution in [0.25, 0.3) is 0 Å². The molecule has 2 aliphatic rings. The first-order valence-electron chi connectivity index (χ1n) is 4.09. The van der Waals surface area contributed by atoms with Crippen molar-refractivity contribution in [1.82, 2.24) is 10.6 Å².